The molecule has 2 heterocycles. The highest BCUT2D eigenvalue weighted by molar-refractivity contribution is 6.30. The first-order valence-electron chi connectivity index (χ1n) is 10.7. The number of nitrogens with zero attached hydrogens (tertiary/aromatic N) is 4. The number of piperazine rings is 1. The molecule has 1 aliphatic heterocycles. The fourth-order valence-electron chi connectivity index (χ4n) is 4.10. The Hall–Kier alpha value is -3.51. The molecule has 6 nitrogen and oxygen atoms in total. The highest BCUT2D eigenvalue weighted by Gasteiger charge is 2.25. The summed E-state index contributed by atoms with van der Waals surface area (Å²) in [5.41, 5.74) is 4.04. The number of halogens is 1. The van der Waals surface area contributed by atoms with Gasteiger partial charge in [0.2, 0.25) is 5.95 Å². The van der Waals surface area contributed by atoms with Crippen molar-refractivity contribution in [2.75, 3.05) is 36.4 Å². The second-order valence-electron chi connectivity index (χ2n) is 7.89. The molecule has 4 aromatic rings. The van der Waals surface area contributed by atoms with Gasteiger partial charge in [-0.25, -0.2) is 9.78 Å². The third-order valence-electron chi connectivity index (χ3n) is 5.74. The van der Waals surface area contributed by atoms with E-state index in [4.69, 9.17) is 16.6 Å². The molecule has 1 fully saturated rings. The molecule has 0 bridgehead atoms. The van der Waals surface area contributed by atoms with Crippen LogP contribution in [-0.4, -0.2) is 46.7 Å². The lowest BCUT2D eigenvalue weighted by atomic mass is 10.2. The SMILES string of the molecule is O=C(Nc1cccc(Cl)c1)N1CCN(c2nc3ccccc3n2Cc2ccccc2)CC1. The Labute approximate surface area is 192 Å². The summed E-state index contributed by atoms with van der Waals surface area (Å²) in [6.45, 7) is 3.45. The molecule has 1 aromatic heterocycles. The average Bonchev–Trinajstić information content (AvgIpc) is 3.18. The lowest BCUT2D eigenvalue weighted by Crippen LogP contribution is -2.50. The zero-order chi connectivity index (χ0) is 21.9. The van der Waals surface area contributed by atoms with Crippen LogP contribution in [0.4, 0.5) is 16.4 Å². The van der Waals surface area contributed by atoms with Gasteiger partial charge in [0.05, 0.1) is 17.6 Å². The van der Waals surface area contributed by atoms with E-state index >= 15 is 0 Å². The molecule has 0 unspecified atom stereocenters. The van der Waals surface area contributed by atoms with Gasteiger partial charge in [-0.3, -0.25) is 0 Å². The zero-order valence-corrected chi connectivity index (χ0v) is 18.4. The van der Waals surface area contributed by atoms with Crippen LogP contribution in [0.5, 0.6) is 0 Å². The number of carbonyl (C=O) groups is 1. The number of carbonyl (C=O) groups excluding carboxylic acids is 1. The molecule has 1 saturated heterocycles. The Morgan fingerprint density at radius 1 is 0.906 bits per heavy atom. The van der Waals surface area contributed by atoms with E-state index < -0.39 is 0 Å². The first-order valence-corrected chi connectivity index (χ1v) is 11.1. The van der Waals surface area contributed by atoms with Crippen molar-refractivity contribution in [1.82, 2.24) is 14.5 Å². The van der Waals surface area contributed by atoms with Crippen molar-refractivity contribution in [3.63, 3.8) is 0 Å². The van der Waals surface area contributed by atoms with Gasteiger partial charge in [-0.15, -0.1) is 0 Å². The zero-order valence-electron chi connectivity index (χ0n) is 17.6. The molecular formula is C25H24ClN5O. The number of hydrogen-bond acceptors (Lipinski definition) is 3. The molecular weight excluding hydrogens is 422 g/mol. The highest BCUT2D eigenvalue weighted by atomic mass is 35.5. The number of aromatic nitrogens is 2. The van der Waals surface area contributed by atoms with Crippen molar-refractivity contribution >= 4 is 40.3 Å². The molecule has 7 heteroatoms. The largest absolute Gasteiger partial charge is 0.339 e. The van der Waals surface area contributed by atoms with Gasteiger partial charge in [-0.05, 0) is 35.9 Å². The molecule has 0 radical (unpaired) electrons. The Kier molecular flexibility index (Phi) is 5.69. The maximum atomic E-state index is 12.7. The molecule has 1 N–H and O–H groups in total. The molecule has 0 saturated carbocycles. The first-order chi connectivity index (χ1) is 15.7. The van der Waals surface area contributed by atoms with E-state index in [9.17, 15) is 4.79 Å². The maximum absolute atomic E-state index is 12.7. The Morgan fingerprint density at radius 3 is 2.44 bits per heavy atom. The third-order valence-corrected chi connectivity index (χ3v) is 5.98. The van der Waals surface area contributed by atoms with Crippen LogP contribution in [-0.2, 0) is 6.54 Å². The highest BCUT2D eigenvalue weighted by Crippen LogP contribution is 2.25. The second kappa shape index (κ2) is 8.93. The molecule has 32 heavy (non-hydrogen) atoms. The third kappa shape index (κ3) is 4.27. The van der Waals surface area contributed by atoms with Crippen LogP contribution in [0.3, 0.4) is 0 Å². The number of urea groups is 1. The van der Waals surface area contributed by atoms with E-state index in [1.807, 2.05) is 35.2 Å². The number of para-hydroxylation sites is 2. The Bertz CT molecular complexity index is 1230. The second-order valence-corrected chi connectivity index (χ2v) is 8.32. The molecule has 0 spiro atoms. The van der Waals surface area contributed by atoms with Gasteiger partial charge in [0.15, 0.2) is 0 Å². The summed E-state index contributed by atoms with van der Waals surface area (Å²) in [5, 5.41) is 3.54. The number of anilines is 2. The summed E-state index contributed by atoms with van der Waals surface area (Å²) in [5.74, 6) is 0.949. The van der Waals surface area contributed by atoms with Crippen LogP contribution in [0.2, 0.25) is 5.02 Å². The van der Waals surface area contributed by atoms with Crippen molar-refractivity contribution in [3.05, 3.63) is 89.4 Å². The number of rotatable bonds is 4. The lowest BCUT2D eigenvalue weighted by molar-refractivity contribution is 0.208. The van der Waals surface area contributed by atoms with Crippen molar-refractivity contribution in [1.29, 1.82) is 0 Å². The number of imidazole rings is 1. The number of amides is 2. The normalized spacial score (nSPS) is 14.0. The van der Waals surface area contributed by atoms with Crippen LogP contribution < -0.4 is 10.2 Å². The van der Waals surface area contributed by atoms with Gasteiger partial charge >= 0.3 is 6.03 Å². The topological polar surface area (TPSA) is 53.4 Å². The van der Waals surface area contributed by atoms with E-state index in [0.29, 0.717) is 23.8 Å². The van der Waals surface area contributed by atoms with Crippen molar-refractivity contribution < 1.29 is 4.79 Å². The molecule has 162 valence electrons. The summed E-state index contributed by atoms with van der Waals surface area (Å²) in [7, 11) is 0. The molecule has 3 aromatic carbocycles. The van der Waals surface area contributed by atoms with Gasteiger partial charge in [-0.2, -0.15) is 0 Å². The van der Waals surface area contributed by atoms with E-state index in [2.05, 4.69) is 51.2 Å². The van der Waals surface area contributed by atoms with Gasteiger partial charge in [-0.1, -0.05) is 60.1 Å². The standard InChI is InChI=1S/C25H24ClN5O/c26-20-9-6-10-21(17-20)27-25(32)30-15-13-29(14-16-30)24-28-22-11-4-5-12-23(22)31(24)18-19-7-2-1-3-8-19/h1-12,17H,13-16,18H2,(H,27,32). The number of benzene rings is 3. The molecule has 2 amide bonds. The summed E-state index contributed by atoms with van der Waals surface area (Å²) in [6, 6.07) is 25.8. The number of hydrogen-bond donors (Lipinski definition) is 1. The quantitative estimate of drug-likeness (QED) is 0.476. The van der Waals surface area contributed by atoms with Crippen LogP contribution in [0, 0.1) is 0 Å². The minimum absolute atomic E-state index is 0.107. The average molecular weight is 446 g/mol. The van der Waals surface area contributed by atoms with E-state index in [-0.39, 0.29) is 6.03 Å². The van der Waals surface area contributed by atoms with Crippen LogP contribution in [0.15, 0.2) is 78.9 Å². The maximum Gasteiger partial charge on any atom is 0.321 e. The smallest absolute Gasteiger partial charge is 0.321 e. The fraction of sp³-hybridized carbons (Fsp3) is 0.200. The van der Waals surface area contributed by atoms with Gasteiger partial charge in [0.1, 0.15) is 0 Å². The number of nitrogens with one attached hydrogen (secondary N) is 1. The van der Waals surface area contributed by atoms with Crippen molar-refractivity contribution in [3.8, 4) is 0 Å². The van der Waals surface area contributed by atoms with Crippen LogP contribution in [0.25, 0.3) is 11.0 Å². The molecule has 1 aliphatic rings. The van der Waals surface area contributed by atoms with Crippen LogP contribution in [0.1, 0.15) is 5.56 Å². The Morgan fingerprint density at radius 2 is 1.66 bits per heavy atom. The molecule has 0 aliphatic carbocycles. The van der Waals surface area contributed by atoms with Gasteiger partial charge in [0.25, 0.3) is 0 Å². The van der Waals surface area contributed by atoms with Crippen molar-refractivity contribution in [2.24, 2.45) is 0 Å². The van der Waals surface area contributed by atoms with E-state index in [1.165, 1.54) is 5.56 Å². The predicted octanol–water partition coefficient (Wildman–Crippen LogP) is 5.09. The predicted molar refractivity (Wildman–Crippen MR) is 130 cm³/mol. The molecule has 5 rings (SSSR count). The summed E-state index contributed by atoms with van der Waals surface area (Å²) in [6.07, 6.45) is 0. The van der Waals surface area contributed by atoms with Gasteiger partial charge in [0, 0.05) is 36.9 Å². The molecule has 0 atom stereocenters. The van der Waals surface area contributed by atoms with Gasteiger partial charge < -0.3 is 19.7 Å². The number of fused-ring (bicyclic) bond motifs is 1. The monoisotopic (exact) mass is 445 g/mol. The van der Waals surface area contributed by atoms with E-state index in [0.717, 1.165) is 36.6 Å². The Balaban J connectivity index is 1.32. The summed E-state index contributed by atoms with van der Waals surface area (Å²) >= 11 is 6.03. The van der Waals surface area contributed by atoms with Crippen molar-refractivity contribution in [2.45, 2.75) is 6.54 Å². The van der Waals surface area contributed by atoms with E-state index in [1.54, 1.807) is 12.1 Å². The fourth-order valence-corrected chi connectivity index (χ4v) is 4.29. The minimum Gasteiger partial charge on any atom is -0.339 e. The summed E-state index contributed by atoms with van der Waals surface area (Å²) in [4.78, 5) is 21.7. The van der Waals surface area contributed by atoms with Crippen LogP contribution >= 0.6 is 11.6 Å². The first kappa shape index (κ1) is 20.4. The minimum atomic E-state index is -0.107. The summed E-state index contributed by atoms with van der Waals surface area (Å²) < 4.78 is 2.27. The lowest BCUT2D eigenvalue weighted by Gasteiger charge is -2.35.